The Balaban J connectivity index is 0.00000192. The number of aromatic nitrogens is 1. The topological polar surface area (TPSA) is 16.2 Å². The Morgan fingerprint density at radius 1 is 1.00 bits per heavy atom. The van der Waals surface area contributed by atoms with Crippen LogP contribution in [0.5, 0.6) is 0 Å². The van der Waals surface area contributed by atoms with Gasteiger partial charge in [-0.1, -0.05) is 24.3 Å². The molecule has 0 bridgehead atoms. The first-order chi connectivity index (χ1) is 10.7. The zero-order chi connectivity index (χ0) is 15.4. The van der Waals surface area contributed by atoms with Gasteiger partial charge in [0, 0.05) is 38.3 Å². The van der Waals surface area contributed by atoms with Crippen molar-refractivity contribution in [1.29, 1.82) is 0 Å². The van der Waals surface area contributed by atoms with Crippen LogP contribution in [0, 0.1) is 13.0 Å². The Bertz CT molecular complexity index is 811. The van der Waals surface area contributed by atoms with Crippen LogP contribution in [-0.4, -0.2) is 6.21 Å². The molecule has 111 valence electrons. The van der Waals surface area contributed by atoms with E-state index >= 15 is 0 Å². The fraction of sp³-hybridized carbons (Fsp3) is 0.100. The van der Waals surface area contributed by atoms with E-state index in [-0.39, 0.29) is 32.7 Å². The molecule has 1 radical (unpaired) electrons. The average Bonchev–Trinajstić information content (AvgIpc) is 2.56. The van der Waals surface area contributed by atoms with E-state index in [1.165, 1.54) is 11.1 Å². The van der Waals surface area contributed by atoms with Gasteiger partial charge in [-0.3, -0.25) is 0 Å². The van der Waals surface area contributed by atoms with Crippen LogP contribution in [0.1, 0.15) is 11.1 Å². The maximum Gasteiger partial charge on any atom is 0.135 e. The standard InChI is InChI=1S/C20H17N2.Y/c1-16-8-6-7-11-19(16)20-14-18(12-13-22(20)2)21-15-17-9-4-3-5-10-17;/h3-11,13-14H,1-2H3;/q-1;. The van der Waals surface area contributed by atoms with E-state index in [0.717, 1.165) is 16.9 Å². The molecule has 2 aromatic carbocycles. The molecule has 0 saturated heterocycles. The molecule has 0 aliphatic rings. The Labute approximate surface area is 162 Å². The van der Waals surface area contributed by atoms with E-state index in [4.69, 9.17) is 0 Å². The van der Waals surface area contributed by atoms with Crippen molar-refractivity contribution in [3.05, 3.63) is 84.1 Å². The second kappa shape index (κ2) is 8.28. The van der Waals surface area contributed by atoms with Crippen LogP contribution in [0.2, 0.25) is 0 Å². The van der Waals surface area contributed by atoms with Crippen molar-refractivity contribution in [3.8, 4) is 11.3 Å². The van der Waals surface area contributed by atoms with E-state index in [2.05, 4.69) is 53.0 Å². The Hall–Kier alpha value is -1.64. The SMILES string of the molecule is Cc1ccccc1-c1cc(N=[C-]c2ccccc2)[c-]c[n+]1C.[Y]. The van der Waals surface area contributed by atoms with E-state index < -0.39 is 0 Å². The Morgan fingerprint density at radius 3 is 2.43 bits per heavy atom. The van der Waals surface area contributed by atoms with Gasteiger partial charge in [0.05, 0.1) is 6.20 Å². The summed E-state index contributed by atoms with van der Waals surface area (Å²) in [4.78, 5) is 4.41. The van der Waals surface area contributed by atoms with Crippen LogP contribution in [0.4, 0.5) is 5.69 Å². The quantitative estimate of drug-likeness (QED) is 0.376. The molecule has 0 aliphatic heterocycles. The third-order valence-electron chi connectivity index (χ3n) is 3.56. The first kappa shape index (κ1) is 17.7. The fourth-order valence-electron chi connectivity index (χ4n) is 2.34. The molecule has 0 aliphatic carbocycles. The third-order valence-corrected chi connectivity index (χ3v) is 3.56. The molecule has 0 unspecified atom stereocenters. The summed E-state index contributed by atoms with van der Waals surface area (Å²) in [7, 11) is 2.02. The number of nitrogens with zero attached hydrogens (tertiary/aromatic N) is 2. The van der Waals surface area contributed by atoms with Crippen molar-refractivity contribution < 1.29 is 37.3 Å². The largest absolute Gasteiger partial charge is 0.390 e. The molecule has 0 spiro atoms. The summed E-state index contributed by atoms with van der Waals surface area (Å²) in [5.41, 5.74) is 5.30. The van der Waals surface area contributed by atoms with Crippen molar-refractivity contribution in [1.82, 2.24) is 0 Å². The summed E-state index contributed by atoms with van der Waals surface area (Å²) in [5.74, 6) is 0. The summed E-state index contributed by atoms with van der Waals surface area (Å²) in [6, 6.07) is 23.5. The maximum atomic E-state index is 4.41. The second-order valence-corrected chi connectivity index (χ2v) is 5.20. The number of benzene rings is 2. The van der Waals surface area contributed by atoms with Crippen LogP contribution in [0.25, 0.3) is 11.3 Å². The van der Waals surface area contributed by atoms with Gasteiger partial charge in [-0.25, -0.2) is 10.6 Å². The average molecular weight is 374 g/mol. The number of hydrogen-bond acceptors (Lipinski definition) is 1. The van der Waals surface area contributed by atoms with E-state index in [1.807, 2.05) is 49.6 Å². The first-order valence-electron chi connectivity index (χ1n) is 7.23. The zero-order valence-electron chi connectivity index (χ0n) is 13.3. The summed E-state index contributed by atoms with van der Waals surface area (Å²) in [6.07, 6.45) is 4.97. The molecule has 3 rings (SSSR count). The van der Waals surface area contributed by atoms with Crippen LogP contribution in [-0.2, 0) is 39.8 Å². The van der Waals surface area contributed by atoms with Crippen LogP contribution in [0.3, 0.4) is 0 Å². The van der Waals surface area contributed by atoms with Crippen molar-refractivity contribution in [2.75, 3.05) is 0 Å². The van der Waals surface area contributed by atoms with Gasteiger partial charge >= 0.3 is 0 Å². The second-order valence-electron chi connectivity index (χ2n) is 5.20. The molecule has 0 amide bonds. The van der Waals surface area contributed by atoms with E-state index in [9.17, 15) is 0 Å². The van der Waals surface area contributed by atoms with Crippen molar-refractivity contribution >= 4 is 11.9 Å². The molecule has 0 atom stereocenters. The molecule has 3 heteroatoms. The Kier molecular flexibility index (Phi) is 6.38. The third kappa shape index (κ3) is 4.43. The molecule has 23 heavy (non-hydrogen) atoms. The maximum absolute atomic E-state index is 4.41. The molecular formula is C20H17N2Y-. The van der Waals surface area contributed by atoms with Gasteiger partial charge in [-0.15, -0.1) is 29.8 Å². The summed E-state index contributed by atoms with van der Waals surface area (Å²) in [5, 5.41) is 0. The summed E-state index contributed by atoms with van der Waals surface area (Å²) < 4.78 is 2.06. The minimum atomic E-state index is 0. The molecule has 2 nitrogen and oxygen atoms in total. The number of pyridine rings is 1. The molecular weight excluding hydrogens is 357 g/mol. The van der Waals surface area contributed by atoms with Gasteiger partial charge in [0.2, 0.25) is 0 Å². The molecule has 0 saturated carbocycles. The molecule has 3 aromatic rings. The van der Waals surface area contributed by atoms with Gasteiger partial charge in [0.1, 0.15) is 12.7 Å². The van der Waals surface area contributed by atoms with Gasteiger partial charge in [-0.2, -0.15) is 11.8 Å². The van der Waals surface area contributed by atoms with Gasteiger partial charge < -0.3 is 4.99 Å². The predicted octanol–water partition coefficient (Wildman–Crippen LogP) is 3.91. The number of aliphatic imine (C=N–C) groups is 1. The molecule has 1 aromatic heterocycles. The van der Waals surface area contributed by atoms with Gasteiger partial charge in [0.25, 0.3) is 0 Å². The van der Waals surface area contributed by atoms with Gasteiger partial charge in [-0.05, 0) is 24.8 Å². The van der Waals surface area contributed by atoms with Crippen molar-refractivity contribution in [2.45, 2.75) is 6.92 Å². The zero-order valence-corrected chi connectivity index (χ0v) is 16.2. The molecule has 0 N–H and O–H groups in total. The fourth-order valence-corrected chi connectivity index (χ4v) is 2.34. The van der Waals surface area contributed by atoms with E-state index in [1.54, 1.807) is 0 Å². The van der Waals surface area contributed by atoms with Gasteiger partial charge in [0.15, 0.2) is 0 Å². The summed E-state index contributed by atoms with van der Waals surface area (Å²) >= 11 is 0. The smallest absolute Gasteiger partial charge is 0.135 e. The van der Waals surface area contributed by atoms with E-state index in [0.29, 0.717) is 0 Å². The van der Waals surface area contributed by atoms with Crippen LogP contribution >= 0.6 is 0 Å². The Morgan fingerprint density at radius 2 is 1.70 bits per heavy atom. The minimum absolute atomic E-state index is 0. The predicted molar refractivity (Wildman–Crippen MR) is 89.3 cm³/mol. The normalized spacial score (nSPS) is 10.5. The van der Waals surface area contributed by atoms with Crippen molar-refractivity contribution in [3.63, 3.8) is 0 Å². The summed E-state index contributed by atoms with van der Waals surface area (Å²) in [6.45, 7) is 2.12. The molecule has 1 heterocycles. The minimum Gasteiger partial charge on any atom is -0.390 e. The molecule has 0 fully saturated rings. The number of hydrogen-bond donors (Lipinski definition) is 0. The monoisotopic (exact) mass is 374 g/mol. The number of aryl methyl sites for hydroxylation is 2. The first-order valence-corrected chi connectivity index (χ1v) is 7.23. The number of rotatable bonds is 3. The van der Waals surface area contributed by atoms with Crippen LogP contribution < -0.4 is 4.57 Å². The van der Waals surface area contributed by atoms with Crippen molar-refractivity contribution in [2.24, 2.45) is 12.0 Å². The van der Waals surface area contributed by atoms with Crippen LogP contribution in [0.15, 0.2) is 71.9 Å².